The van der Waals surface area contributed by atoms with Crippen molar-refractivity contribution in [2.75, 3.05) is 23.3 Å². The summed E-state index contributed by atoms with van der Waals surface area (Å²) in [5.74, 6) is -0.478. The van der Waals surface area contributed by atoms with Crippen LogP contribution in [-0.4, -0.2) is 29.2 Å². The van der Waals surface area contributed by atoms with Gasteiger partial charge in [-0.3, -0.25) is 10.1 Å². The molecule has 1 heterocycles. The van der Waals surface area contributed by atoms with Crippen LogP contribution in [0, 0.1) is 11.3 Å². The van der Waals surface area contributed by atoms with Gasteiger partial charge in [-0.05, 0) is 44.0 Å². The highest BCUT2D eigenvalue weighted by molar-refractivity contribution is 7.15. The molecule has 0 radical (unpaired) electrons. The fourth-order valence-corrected chi connectivity index (χ4v) is 2.97. The highest BCUT2D eigenvalue weighted by atomic mass is 32.1. The van der Waals surface area contributed by atoms with Crippen LogP contribution in [0.1, 0.15) is 31.3 Å². The lowest BCUT2D eigenvalue weighted by molar-refractivity contribution is -0.112. The Kier molecular flexibility index (Phi) is 6.66. The van der Waals surface area contributed by atoms with Gasteiger partial charge in [0.1, 0.15) is 16.6 Å². The number of amides is 1. The van der Waals surface area contributed by atoms with E-state index < -0.39 is 5.91 Å². The maximum absolute atomic E-state index is 12.2. The van der Waals surface area contributed by atoms with Crippen molar-refractivity contribution in [3.63, 3.8) is 0 Å². The van der Waals surface area contributed by atoms with Gasteiger partial charge in [-0.2, -0.15) is 5.26 Å². The first-order chi connectivity index (χ1) is 12.1. The molecule has 25 heavy (non-hydrogen) atoms. The summed E-state index contributed by atoms with van der Waals surface area (Å²) < 4.78 is 0. The molecule has 7 heteroatoms. The maximum Gasteiger partial charge on any atom is 0.268 e. The Bertz CT molecular complexity index is 785. The number of aryl methyl sites for hydroxylation is 1. The predicted octanol–water partition coefficient (Wildman–Crippen LogP) is 3.49. The normalized spacial score (nSPS) is 11.0. The van der Waals surface area contributed by atoms with Crippen molar-refractivity contribution in [3.8, 4) is 6.07 Å². The molecule has 0 aliphatic rings. The largest absolute Gasteiger partial charge is 0.372 e. The van der Waals surface area contributed by atoms with Gasteiger partial charge >= 0.3 is 0 Å². The number of hydrogen-bond donors (Lipinski definition) is 1. The molecule has 0 saturated heterocycles. The van der Waals surface area contributed by atoms with Gasteiger partial charge in [0.2, 0.25) is 5.13 Å². The quantitative estimate of drug-likeness (QED) is 0.607. The standard InChI is InChI=1S/C18H21N5OS/c1-4-16-21-22-18(25-16)20-17(24)14(12-19)11-13-7-9-15(10-8-13)23(5-2)6-3/h7-11H,4-6H2,1-3H3,(H,20,22,24)/b14-11+. The van der Waals surface area contributed by atoms with Crippen LogP contribution in [0.4, 0.5) is 10.8 Å². The summed E-state index contributed by atoms with van der Waals surface area (Å²) in [6, 6.07) is 9.73. The summed E-state index contributed by atoms with van der Waals surface area (Å²) in [6.45, 7) is 8.03. The summed E-state index contributed by atoms with van der Waals surface area (Å²) in [4.78, 5) is 14.5. The van der Waals surface area contributed by atoms with Crippen molar-refractivity contribution in [1.29, 1.82) is 5.26 Å². The number of anilines is 2. The predicted molar refractivity (Wildman–Crippen MR) is 102 cm³/mol. The summed E-state index contributed by atoms with van der Waals surface area (Å²) >= 11 is 1.31. The number of benzene rings is 1. The monoisotopic (exact) mass is 355 g/mol. The van der Waals surface area contributed by atoms with Crippen molar-refractivity contribution in [1.82, 2.24) is 10.2 Å². The molecular formula is C18H21N5OS. The minimum absolute atomic E-state index is 0.0313. The van der Waals surface area contributed by atoms with Gasteiger partial charge in [0.05, 0.1) is 0 Å². The molecule has 1 N–H and O–H groups in total. The van der Waals surface area contributed by atoms with Crippen molar-refractivity contribution in [2.45, 2.75) is 27.2 Å². The molecule has 2 aromatic rings. The number of nitrogens with one attached hydrogen (secondary N) is 1. The molecule has 130 valence electrons. The van der Waals surface area contributed by atoms with E-state index in [-0.39, 0.29) is 5.57 Å². The Labute approximate surface area is 151 Å². The molecule has 0 aliphatic carbocycles. The maximum atomic E-state index is 12.2. The summed E-state index contributed by atoms with van der Waals surface area (Å²) in [7, 11) is 0. The van der Waals surface area contributed by atoms with E-state index in [0.717, 1.165) is 35.8 Å². The van der Waals surface area contributed by atoms with E-state index in [0.29, 0.717) is 5.13 Å². The van der Waals surface area contributed by atoms with E-state index in [2.05, 4.69) is 34.3 Å². The van der Waals surface area contributed by atoms with E-state index in [9.17, 15) is 10.1 Å². The Morgan fingerprint density at radius 2 is 1.92 bits per heavy atom. The molecule has 6 nitrogen and oxygen atoms in total. The number of carbonyl (C=O) groups is 1. The van der Waals surface area contributed by atoms with E-state index in [1.165, 1.54) is 11.3 Å². The zero-order chi connectivity index (χ0) is 18.2. The molecule has 1 amide bonds. The lowest BCUT2D eigenvalue weighted by Gasteiger charge is -2.20. The minimum Gasteiger partial charge on any atom is -0.372 e. The highest BCUT2D eigenvalue weighted by Gasteiger charge is 2.12. The van der Waals surface area contributed by atoms with Crippen molar-refractivity contribution >= 4 is 34.1 Å². The number of nitrogens with zero attached hydrogens (tertiary/aromatic N) is 4. The molecule has 0 saturated carbocycles. The number of rotatable bonds is 7. The van der Waals surface area contributed by atoms with Crippen LogP contribution in [0.5, 0.6) is 0 Å². The van der Waals surface area contributed by atoms with Crippen LogP contribution in [0.2, 0.25) is 0 Å². The van der Waals surface area contributed by atoms with Gasteiger partial charge < -0.3 is 4.90 Å². The first-order valence-corrected chi connectivity index (χ1v) is 9.03. The number of nitriles is 1. The van der Waals surface area contributed by atoms with Gasteiger partial charge in [-0.25, -0.2) is 0 Å². The second-order valence-electron chi connectivity index (χ2n) is 5.24. The van der Waals surface area contributed by atoms with Crippen LogP contribution in [0.15, 0.2) is 29.8 Å². The van der Waals surface area contributed by atoms with Crippen LogP contribution in [0.3, 0.4) is 0 Å². The van der Waals surface area contributed by atoms with Crippen LogP contribution < -0.4 is 10.2 Å². The third-order valence-corrected chi connectivity index (χ3v) is 4.67. The number of carbonyl (C=O) groups excluding carboxylic acids is 1. The smallest absolute Gasteiger partial charge is 0.268 e. The van der Waals surface area contributed by atoms with Gasteiger partial charge in [0.15, 0.2) is 0 Å². The molecule has 1 aromatic heterocycles. The van der Waals surface area contributed by atoms with Crippen LogP contribution >= 0.6 is 11.3 Å². The minimum atomic E-state index is -0.478. The van der Waals surface area contributed by atoms with Crippen LogP contribution in [-0.2, 0) is 11.2 Å². The van der Waals surface area contributed by atoms with E-state index in [4.69, 9.17) is 0 Å². The molecule has 0 bridgehead atoms. The topological polar surface area (TPSA) is 81.9 Å². The average Bonchev–Trinajstić information content (AvgIpc) is 3.09. The van der Waals surface area contributed by atoms with E-state index in [1.54, 1.807) is 6.08 Å². The molecule has 0 spiro atoms. The molecule has 1 aromatic carbocycles. The Hall–Kier alpha value is -2.72. The molecule has 0 fully saturated rings. The lowest BCUT2D eigenvalue weighted by Crippen LogP contribution is -2.21. The Balaban J connectivity index is 2.13. The SMILES string of the molecule is CCc1nnc(NC(=O)/C(C#N)=C/c2ccc(N(CC)CC)cc2)s1. The Morgan fingerprint density at radius 3 is 2.44 bits per heavy atom. The van der Waals surface area contributed by atoms with Gasteiger partial charge in [-0.1, -0.05) is 30.4 Å². The fourth-order valence-electron chi connectivity index (χ4n) is 2.30. The third kappa shape index (κ3) is 4.88. The molecule has 2 rings (SSSR count). The average molecular weight is 355 g/mol. The van der Waals surface area contributed by atoms with Gasteiger partial charge in [0.25, 0.3) is 5.91 Å². The van der Waals surface area contributed by atoms with Gasteiger partial charge in [0, 0.05) is 18.8 Å². The van der Waals surface area contributed by atoms with E-state index >= 15 is 0 Å². The second-order valence-corrected chi connectivity index (χ2v) is 6.30. The fraction of sp³-hybridized carbons (Fsp3) is 0.333. The summed E-state index contributed by atoms with van der Waals surface area (Å²) in [6.07, 6.45) is 2.33. The summed E-state index contributed by atoms with van der Waals surface area (Å²) in [5.41, 5.74) is 1.95. The zero-order valence-electron chi connectivity index (χ0n) is 14.6. The van der Waals surface area contributed by atoms with Crippen LogP contribution in [0.25, 0.3) is 6.08 Å². The number of hydrogen-bond acceptors (Lipinski definition) is 6. The molecular weight excluding hydrogens is 334 g/mol. The second kappa shape index (κ2) is 8.94. The highest BCUT2D eigenvalue weighted by Crippen LogP contribution is 2.19. The third-order valence-electron chi connectivity index (χ3n) is 3.69. The van der Waals surface area contributed by atoms with Crippen molar-refractivity contribution < 1.29 is 4.79 Å². The first-order valence-electron chi connectivity index (χ1n) is 8.21. The summed E-state index contributed by atoms with van der Waals surface area (Å²) in [5, 5.41) is 21.0. The zero-order valence-corrected chi connectivity index (χ0v) is 15.4. The molecule has 0 unspecified atom stereocenters. The number of aromatic nitrogens is 2. The molecule has 0 atom stereocenters. The Morgan fingerprint density at radius 1 is 1.24 bits per heavy atom. The van der Waals surface area contributed by atoms with Crippen molar-refractivity contribution in [3.05, 3.63) is 40.4 Å². The first kappa shape index (κ1) is 18.6. The van der Waals surface area contributed by atoms with Crippen molar-refractivity contribution in [2.24, 2.45) is 0 Å². The lowest BCUT2D eigenvalue weighted by atomic mass is 10.1. The van der Waals surface area contributed by atoms with E-state index in [1.807, 2.05) is 37.3 Å². The van der Waals surface area contributed by atoms with Gasteiger partial charge in [-0.15, -0.1) is 10.2 Å². The molecule has 0 aliphatic heterocycles.